The number of nitrogens with two attached hydrogens (primary N) is 1. The minimum atomic E-state index is -0.582. The number of nitro groups is 1. The van der Waals surface area contributed by atoms with Crippen molar-refractivity contribution >= 4 is 22.5 Å². The molecule has 116 valence electrons. The largest absolute Gasteiger partial charge is 0.369 e. The first-order chi connectivity index (χ1) is 10.9. The van der Waals surface area contributed by atoms with Crippen molar-refractivity contribution in [3.63, 3.8) is 0 Å². The van der Waals surface area contributed by atoms with Crippen LogP contribution in [0.15, 0.2) is 42.6 Å². The van der Waals surface area contributed by atoms with Crippen LogP contribution in [0, 0.1) is 15.9 Å². The average molecular weight is 314 g/mol. The van der Waals surface area contributed by atoms with Crippen LogP contribution >= 0.6 is 0 Å². The second-order valence-corrected chi connectivity index (χ2v) is 4.99. The van der Waals surface area contributed by atoms with Crippen LogP contribution in [-0.2, 0) is 11.2 Å². The molecule has 0 fully saturated rings. The molecule has 0 aliphatic carbocycles. The summed E-state index contributed by atoms with van der Waals surface area (Å²) in [4.78, 5) is 21.3. The summed E-state index contributed by atoms with van der Waals surface area (Å²) >= 11 is 0. The van der Waals surface area contributed by atoms with Gasteiger partial charge in [0.15, 0.2) is 0 Å². The molecule has 1 amide bonds. The van der Waals surface area contributed by atoms with Crippen molar-refractivity contribution in [1.82, 2.24) is 9.78 Å². The van der Waals surface area contributed by atoms with Crippen LogP contribution in [0.2, 0.25) is 0 Å². The van der Waals surface area contributed by atoms with E-state index in [4.69, 9.17) is 5.73 Å². The number of carbonyl (C=O) groups excluding carboxylic acids is 1. The van der Waals surface area contributed by atoms with Gasteiger partial charge in [-0.3, -0.25) is 14.9 Å². The molecule has 0 spiro atoms. The monoisotopic (exact) mass is 314 g/mol. The molecule has 2 N–H and O–H groups in total. The molecule has 0 radical (unpaired) electrons. The minimum absolute atomic E-state index is 0.0362. The third-order valence-corrected chi connectivity index (χ3v) is 3.34. The van der Waals surface area contributed by atoms with Crippen molar-refractivity contribution in [2.45, 2.75) is 6.42 Å². The van der Waals surface area contributed by atoms with Crippen LogP contribution in [0.4, 0.5) is 10.1 Å². The second kappa shape index (κ2) is 5.48. The Bertz CT molecular complexity index is 918. The SMILES string of the molecule is NC(=O)Cc1cc(F)cc2cn(-c3ccc([N+](=O)[O-])cc3)nc12. The number of rotatable bonds is 4. The Labute approximate surface area is 129 Å². The summed E-state index contributed by atoms with van der Waals surface area (Å²) in [6.45, 7) is 0. The highest BCUT2D eigenvalue weighted by Gasteiger charge is 2.12. The summed E-state index contributed by atoms with van der Waals surface area (Å²) in [7, 11) is 0. The molecule has 3 aromatic rings. The third kappa shape index (κ3) is 2.86. The predicted octanol–water partition coefficient (Wildman–Crippen LogP) is 2.10. The number of nitro benzene ring substituents is 1. The van der Waals surface area contributed by atoms with Gasteiger partial charge in [-0.1, -0.05) is 0 Å². The molecule has 0 unspecified atom stereocenters. The van der Waals surface area contributed by atoms with Gasteiger partial charge in [0, 0.05) is 23.7 Å². The van der Waals surface area contributed by atoms with Crippen LogP contribution in [0.25, 0.3) is 16.6 Å². The molecule has 0 aliphatic heterocycles. The Morgan fingerprint density at radius 2 is 2.00 bits per heavy atom. The third-order valence-electron chi connectivity index (χ3n) is 3.34. The second-order valence-electron chi connectivity index (χ2n) is 4.99. The number of nitrogens with zero attached hydrogens (tertiary/aromatic N) is 3. The summed E-state index contributed by atoms with van der Waals surface area (Å²) in [6.07, 6.45) is 1.47. The van der Waals surface area contributed by atoms with Crippen LogP contribution in [0.5, 0.6) is 0 Å². The molecular weight excluding hydrogens is 303 g/mol. The van der Waals surface area contributed by atoms with Gasteiger partial charge < -0.3 is 5.73 Å². The molecular formula is C15H11FN4O3. The summed E-state index contributed by atoms with van der Waals surface area (Å²) in [5.41, 5.74) is 6.57. The highest BCUT2D eigenvalue weighted by Crippen LogP contribution is 2.22. The number of aromatic nitrogens is 2. The van der Waals surface area contributed by atoms with Gasteiger partial charge in [-0.25, -0.2) is 9.07 Å². The zero-order valence-corrected chi connectivity index (χ0v) is 11.8. The fourth-order valence-electron chi connectivity index (χ4n) is 2.35. The number of amides is 1. The molecule has 3 rings (SSSR count). The average Bonchev–Trinajstić information content (AvgIpc) is 2.90. The first kappa shape index (κ1) is 14.6. The lowest BCUT2D eigenvalue weighted by Crippen LogP contribution is -2.14. The van der Waals surface area contributed by atoms with E-state index in [-0.39, 0.29) is 12.1 Å². The Kier molecular flexibility index (Phi) is 3.49. The maximum absolute atomic E-state index is 13.6. The molecule has 0 aliphatic rings. The van der Waals surface area contributed by atoms with Gasteiger partial charge in [-0.2, -0.15) is 5.10 Å². The summed E-state index contributed by atoms with van der Waals surface area (Å²) in [5.74, 6) is -1.07. The summed E-state index contributed by atoms with van der Waals surface area (Å²) in [5, 5.41) is 15.5. The maximum atomic E-state index is 13.6. The first-order valence-corrected chi connectivity index (χ1v) is 6.65. The smallest absolute Gasteiger partial charge is 0.269 e. The minimum Gasteiger partial charge on any atom is -0.369 e. The Balaban J connectivity index is 2.08. The Morgan fingerprint density at radius 1 is 1.30 bits per heavy atom. The van der Waals surface area contributed by atoms with E-state index >= 15 is 0 Å². The lowest BCUT2D eigenvalue weighted by Gasteiger charge is -2.01. The molecule has 1 aromatic heterocycles. The van der Waals surface area contributed by atoms with Crippen LogP contribution in [0.3, 0.4) is 0 Å². The summed E-state index contributed by atoms with van der Waals surface area (Å²) < 4.78 is 15.1. The van der Waals surface area contributed by atoms with E-state index in [9.17, 15) is 19.3 Å². The number of hydrogen-bond acceptors (Lipinski definition) is 4. The van der Waals surface area contributed by atoms with E-state index in [0.717, 1.165) is 0 Å². The van der Waals surface area contributed by atoms with Gasteiger partial charge in [-0.05, 0) is 29.8 Å². The molecule has 0 saturated heterocycles. The normalized spacial score (nSPS) is 10.8. The van der Waals surface area contributed by atoms with E-state index in [2.05, 4.69) is 5.10 Å². The van der Waals surface area contributed by atoms with E-state index in [1.165, 1.54) is 41.1 Å². The molecule has 0 atom stereocenters. The molecule has 0 bridgehead atoms. The zero-order valence-electron chi connectivity index (χ0n) is 11.8. The van der Waals surface area contributed by atoms with Crippen LogP contribution in [-0.4, -0.2) is 20.6 Å². The number of hydrogen-bond donors (Lipinski definition) is 1. The van der Waals surface area contributed by atoms with Crippen molar-refractivity contribution in [3.05, 3.63) is 64.1 Å². The van der Waals surface area contributed by atoms with Crippen molar-refractivity contribution < 1.29 is 14.1 Å². The zero-order chi connectivity index (χ0) is 16.6. The van der Waals surface area contributed by atoms with Crippen LogP contribution in [0.1, 0.15) is 5.56 Å². The quantitative estimate of drug-likeness (QED) is 0.588. The van der Waals surface area contributed by atoms with Gasteiger partial charge in [0.25, 0.3) is 5.69 Å². The molecule has 8 heteroatoms. The number of non-ortho nitro benzene ring substituents is 1. The maximum Gasteiger partial charge on any atom is 0.269 e. The van der Waals surface area contributed by atoms with E-state index in [0.29, 0.717) is 22.2 Å². The number of halogens is 1. The molecule has 2 aromatic carbocycles. The highest BCUT2D eigenvalue weighted by atomic mass is 19.1. The van der Waals surface area contributed by atoms with Gasteiger partial charge in [0.2, 0.25) is 5.91 Å². The van der Waals surface area contributed by atoms with Crippen molar-refractivity contribution in [3.8, 4) is 5.69 Å². The van der Waals surface area contributed by atoms with E-state index < -0.39 is 16.6 Å². The van der Waals surface area contributed by atoms with Crippen molar-refractivity contribution in [2.75, 3.05) is 0 Å². The fraction of sp³-hybridized carbons (Fsp3) is 0.0667. The topological polar surface area (TPSA) is 104 Å². The number of benzene rings is 2. The number of carbonyl (C=O) groups is 1. The van der Waals surface area contributed by atoms with Crippen molar-refractivity contribution in [2.24, 2.45) is 5.73 Å². The molecule has 0 saturated carbocycles. The number of fused-ring (bicyclic) bond motifs is 1. The van der Waals surface area contributed by atoms with Crippen molar-refractivity contribution in [1.29, 1.82) is 0 Å². The van der Waals surface area contributed by atoms with Gasteiger partial charge in [0.1, 0.15) is 5.82 Å². The van der Waals surface area contributed by atoms with Gasteiger partial charge >= 0.3 is 0 Å². The molecule has 7 nitrogen and oxygen atoms in total. The Morgan fingerprint density at radius 3 is 2.61 bits per heavy atom. The Hall–Kier alpha value is -3.29. The highest BCUT2D eigenvalue weighted by molar-refractivity contribution is 5.87. The lowest BCUT2D eigenvalue weighted by molar-refractivity contribution is -0.384. The van der Waals surface area contributed by atoms with Gasteiger partial charge in [-0.15, -0.1) is 0 Å². The molecule has 1 heterocycles. The van der Waals surface area contributed by atoms with E-state index in [1.807, 2.05) is 0 Å². The lowest BCUT2D eigenvalue weighted by atomic mass is 10.1. The standard InChI is InChI=1S/C15H11FN4O3/c16-11-5-9(7-14(17)21)15-10(6-11)8-19(18-15)12-1-3-13(4-2-12)20(22)23/h1-6,8H,7H2,(H2,17,21). The summed E-state index contributed by atoms with van der Waals surface area (Å²) in [6, 6.07) is 8.30. The predicted molar refractivity (Wildman–Crippen MR) is 80.6 cm³/mol. The van der Waals surface area contributed by atoms with E-state index in [1.54, 1.807) is 6.20 Å². The molecule has 23 heavy (non-hydrogen) atoms. The van der Waals surface area contributed by atoms with Crippen LogP contribution < -0.4 is 5.73 Å². The van der Waals surface area contributed by atoms with Gasteiger partial charge in [0.05, 0.1) is 22.5 Å². The fourth-order valence-corrected chi connectivity index (χ4v) is 2.35. The number of primary amides is 1. The first-order valence-electron chi connectivity index (χ1n) is 6.65.